The third kappa shape index (κ3) is 9.03. The van der Waals surface area contributed by atoms with Crippen LogP contribution in [0.3, 0.4) is 0 Å². The fourth-order valence-electron chi connectivity index (χ4n) is 0.529. The normalized spacial score (nSPS) is 8.58. The molecule has 0 aliphatic carbocycles. The third-order valence-corrected chi connectivity index (χ3v) is 0.850. The molecule has 0 aliphatic rings. The monoisotopic (exact) mass is 196 g/mol. The van der Waals surface area contributed by atoms with Crippen molar-refractivity contribution < 1.29 is 14.7 Å². The van der Waals surface area contributed by atoms with E-state index in [0.717, 1.165) is 0 Å². The van der Waals surface area contributed by atoms with Crippen molar-refractivity contribution in [2.75, 3.05) is 6.54 Å². The molecule has 0 rings (SSSR count). The SMILES string of the molecule is CC(C)NC(=O)CNC(=O)O.Cl. The second-order valence-corrected chi connectivity index (χ2v) is 2.38. The van der Waals surface area contributed by atoms with Crippen LogP contribution in [0.5, 0.6) is 0 Å². The zero-order valence-electron chi connectivity index (χ0n) is 6.96. The number of carboxylic acid groups (broad SMARTS) is 1. The largest absolute Gasteiger partial charge is 0.465 e. The number of rotatable bonds is 3. The van der Waals surface area contributed by atoms with E-state index in [4.69, 9.17) is 5.11 Å². The highest BCUT2D eigenvalue weighted by molar-refractivity contribution is 5.85. The molecule has 6 heteroatoms. The predicted octanol–water partition coefficient (Wildman–Crippen LogP) is 0.200. The molecule has 0 radical (unpaired) electrons. The molecule has 0 spiro atoms. The average Bonchev–Trinajstić information content (AvgIpc) is 1.82. The van der Waals surface area contributed by atoms with E-state index < -0.39 is 6.09 Å². The molecular formula is C6H13ClN2O3. The molecule has 0 heterocycles. The summed E-state index contributed by atoms with van der Waals surface area (Å²) in [6.07, 6.45) is -1.19. The minimum absolute atomic E-state index is 0. The van der Waals surface area contributed by atoms with Gasteiger partial charge in [-0.25, -0.2) is 4.79 Å². The van der Waals surface area contributed by atoms with Gasteiger partial charge in [0.1, 0.15) is 0 Å². The van der Waals surface area contributed by atoms with Gasteiger partial charge in [-0.2, -0.15) is 0 Å². The molecule has 0 aromatic carbocycles. The number of carbonyl (C=O) groups is 2. The van der Waals surface area contributed by atoms with Crippen LogP contribution in [0, 0.1) is 0 Å². The highest BCUT2D eigenvalue weighted by atomic mass is 35.5. The number of hydrogen-bond donors (Lipinski definition) is 3. The number of nitrogens with one attached hydrogen (secondary N) is 2. The molecule has 0 unspecified atom stereocenters. The number of halogens is 1. The van der Waals surface area contributed by atoms with Crippen molar-refractivity contribution in [1.29, 1.82) is 0 Å². The summed E-state index contributed by atoms with van der Waals surface area (Å²) < 4.78 is 0. The Bertz CT molecular complexity index is 161. The van der Waals surface area contributed by atoms with E-state index >= 15 is 0 Å². The van der Waals surface area contributed by atoms with Crippen molar-refractivity contribution in [3.63, 3.8) is 0 Å². The van der Waals surface area contributed by atoms with Gasteiger partial charge >= 0.3 is 6.09 Å². The van der Waals surface area contributed by atoms with Gasteiger partial charge in [0.05, 0.1) is 6.54 Å². The Hall–Kier alpha value is -0.970. The fourth-order valence-corrected chi connectivity index (χ4v) is 0.529. The van der Waals surface area contributed by atoms with E-state index in [0.29, 0.717) is 0 Å². The first kappa shape index (κ1) is 13.6. The predicted molar refractivity (Wildman–Crippen MR) is 46.6 cm³/mol. The number of amides is 2. The molecule has 0 bridgehead atoms. The summed E-state index contributed by atoms with van der Waals surface area (Å²) in [5.74, 6) is -0.317. The van der Waals surface area contributed by atoms with E-state index in [-0.39, 0.29) is 30.9 Å². The van der Waals surface area contributed by atoms with Crippen LogP contribution >= 0.6 is 12.4 Å². The maximum absolute atomic E-state index is 10.7. The molecule has 0 saturated heterocycles. The smallest absolute Gasteiger partial charge is 0.405 e. The lowest BCUT2D eigenvalue weighted by Crippen LogP contribution is -2.39. The second kappa shape index (κ2) is 6.72. The van der Waals surface area contributed by atoms with E-state index in [9.17, 15) is 9.59 Å². The number of hydrogen-bond acceptors (Lipinski definition) is 2. The molecule has 5 nitrogen and oxygen atoms in total. The first-order chi connectivity index (χ1) is 5.02. The Balaban J connectivity index is 0. The molecular weight excluding hydrogens is 184 g/mol. The van der Waals surface area contributed by atoms with Gasteiger partial charge in [-0.15, -0.1) is 12.4 Å². The van der Waals surface area contributed by atoms with Gasteiger partial charge in [-0.05, 0) is 13.8 Å². The maximum Gasteiger partial charge on any atom is 0.405 e. The van der Waals surface area contributed by atoms with E-state index in [1.54, 1.807) is 13.8 Å². The summed E-state index contributed by atoms with van der Waals surface area (Å²) in [5.41, 5.74) is 0. The van der Waals surface area contributed by atoms with Crippen molar-refractivity contribution in [3.8, 4) is 0 Å². The van der Waals surface area contributed by atoms with Gasteiger partial charge in [0.15, 0.2) is 0 Å². The van der Waals surface area contributed by atoms with Crippen LogP contribution in [0.4, 0.5) is 4.79 Å². The molecule has 12 heavy (non-hydrogen) atoms. The van der Waals surface area contributed by atoms with Crippen molar-refractivity contribution in [1.82, 2.24) is 10.6 Å². The van der Waals surface area contributed by atoms with Gasteiger partial charge in [0.25, 0.3) is 0 Å². The van der Waals surface area contributed by atoms with Crippen LogP contribution < -0.4 is 10.6 Å². The lowest BCUT2D eigenvalue weighted by atomic mass is 10.4. The summed E-state index contributed by atoms with van der Waals surface area (Å²) in [5, 5.41) is 12.6. The lowest BCUT2D eigenvalue weighted by Gasteiger charge is -2.07. The minimum Gasteiger partial charge on any atom is -0.465 e. The van der Waals surface area contributed by atoms with Crippen LogP contribution in [0.1, 0.15) is 13.8 Å². The zero-order valence-corrected chi connectivity index (χ0v) is 7.77. The van der Waals surface area contributed by atoms with Gasteiger partial charge in [-0.1, -0.05) is 0 Å². The molecule has 0 saturated carbocycles. The van der Waals surface area contributed by atoms with Gasteiger partial charge in [0.2, 0.25) is 5.91 Å². The molecule has 3 N–H and O–H groups in total. The summed E-state index contributed by atoms with van der Waals surface area (Å²) in [6, 6.07) is 0.0399. The van der Waals surface area contributed by atoms with Crippen molar-refractivity contribution >= 4 is 24.4 Å². The highest BCUT2D eigenvalue weighted by Crippen LogP contribution is 1.75. The second-order valence-electron chi connectivity index (χ2n) is 2.38. The van der Waals surface area contributed by atoms with E-state index in [2.05, 4.69) is 5.32 Å². The van der Waals surface area contributed by atoms with Crippen LogP contribution in [0.2, 0.25) is 0 Å². The standard InChI is InChI=1S/C6H12N2O3.ClH/c1-4(2)8-5(9)3-7-6(10)11;/h4,7H,3H2,1-2H3,(H,8,9)(H,10,11);1H. The topological polar surface area (TPSA) is 78.4 Å². The summed E-state index contributed by atoms with van der Waals surface area (Å²) in [4.78, 5) is 20.6. The zero-order chi connectivity index (χ0) is 8.85. The lowest BCUT2D eigenvalue weighted by molar-refractivity contribution is -0.120. The third-order valence-electron chi connectivity index (χ3n) is 0.850. The van der Waals surface area contributed by atoms with Crippen LogP contribution in [0.25, 0.3) is 0 Å². The quantitative estimate of drug-likeness (QED) is 0.604. The first-order valence-corrected chi connectivity index (χ1v) is 3.28. The highest BCUT2D eigenvalue weighted by Gasteiger charge is 2.03. The molecule has 0 aliphatic heterocycles. The van der Waals surface area contributed by atoms with Gasteiger partial charge in [0, 0.05) is 6.04 Å². The van der Waals surface area contributed by atoms with Crippen molar-refractivity contribution in [3.05, 3.63) is 0 Å². The van der Waals surface area contributed by atoms with Gasteiger partial charge < -0.3 is 15.7 Å². The van der Waals surface area contributed by atoms with E-state index in [1.807, 2.05) is 5.32 Å². The molecule has 0 fully saturated rings. The molecule has 0 atom stereocenters. The molecule has 2 amide bonds. The molecule has 0 aromatic heterocycles. The molecule has 0 aromatic rings. The van der Waals surface area contributed by atoms with Crippen molar-refractivity contribution in [2.45, 2.75) is 19.9 Å². The minimum atomic E-state index is -1.19. The Kier molecular flexibility index (Phi) is 7.62. The maximum atomic E-state index is 10.7. The Labute approximate surface area is 76.9 Å². The summed E-state index contributed by atoms with van der Waals surface area (Å²) >= 11 is 0. The molecule has 72 valence electrons. The van der Waals surface area contributed by atoms with Crippen LogP contribution in [0.15, 0.2) is 0 Å². The fraction of sp³-hybridized carbons (Fsp3) is 0.667. The Morgan fingerprint density at radius 3 is 2.25 bits per heavy atom. The average molecular weight is 197 g/mol. The Morgan fingerprint density at radius 1 is 1.42 bits per heavy atom. The Morgan fingerprint density at radius 2 is 1.92 bits per heavy atom. The summed E-state index contributed by atoms with van der Waals surface area (Å²) in [6.45, 7) is 3.42. The van der Waals surface area contributed by atoms with Gasteiger partial charge in [-0.3, -0.25) is 4.79 Å². The first-order valence-electron chi connectivity index (χ1n) is 3.28. The van der Waals surface area contributed by atoms with Crippen LogP contribution in [-0.2, 0) is 4.79 Å². The van der Waals surface area contributed by atoms with E-state index in [1.165, 1.54) is 0 Å². The van der Waals surface area contributed by atoms with Crippen molar-refractivity contribution in [2.24, 2.45) is 0 Å². The number of carbonyl (C=O) groups excluding carboxylic acids is 1. The van der Waals surface area contributed by atoms with Crippen LogP contribution in [-0.4, -0.2) is 29.7 Å². The summed E-state index contributed by atoms with van der Waals surface area (Å²) in [7, 11) is 0.